The Morgan fingerprint density at radius 2 is 2.00 bits per heavy atom. The summed E-state index contributed by atoms with van der Waals surface area (Å²) in [5, 5.41) is -0.277. The molecule has 0 aliphatic rings. The minimum atomic E-state index is -4.79. The van der Waals surface area contributed by atoms with Gasteiger partial charge in [-0.25, -0.2) is 0 Å². The van der Waals surface area contributed by atoms with Gasteiger partial charge in [0.15, 0.2) is 0 Å². The van der Waals surface area contributed by atoms with Gasteiger partial charge in [0.2, 0.25) is 0 Å². The zero-order chi connectivity index (χ0) is 9.35. The maximum atomic E-state index is 10.5. The second-order valence-electron chi connectivity index (χ2n) is 2.20. The van der Waals surface area contributed by atoms with Crippen LogP contribution in [0.25, 0.3) is 0 Å². The van der Waals surface area contributed by atoms with Crippen molar-refractivity contribution in [2.75, 3.05) is 5.73 Å². The van der Waals surface area contributed by atoms with Crippen molar-refractivity contribution >= 4 is 30.2 Å². The Labute approximate surface area is 74.1 Å². The van der Waals surface area contributed by atoms with Crippen LogP contribution in [0.2, 0.25) is 5.02 Å². The minimum absolute atomic E-state index is 0.0762. The third-order valence-electron chi connectivity index (χ3n) is 1.29. The number of hydrogen-bond acceptors (Lipinski definition) is 4. The van der Waals surface area contributed by atoms with E-state index in [4.69, 9.17) is 17.3 Å². The van der Waals surface area contributed by atoms with Gasteiger partial charge < -0.3 is 20.1 Å². The van der Waals surface area contributed by atoms with E-state index in [-0.39, 0.29) is 10.7 Å². The molecule has 0 fully saturated rings. The first-order valence-corrected chi connectivity index (χ1v) is 4.91. The third-order valence-corrected chi connectivity index (χ3v) is 2.50. The Kier molecular flexibility index (Phi) is 2.44. The van der Waals surface area contributed by atoms with Gasteiger partial charge in [-0.05, 0) is 25.8 Å². The van der Waals surface area contributed by atoms with Gasteiger partial charge in [-0.1, -0.05) is 11.6 Å². The van der Waals surface area contributed by atoms with Crippen molar-refractivity contribution in [1.29, 1.82) is 0 Å². The molecule has 6 heteroatoms. The number of hydrogen-bond donors (Lipinski definition) is 1. The van der Waals surface area contributed by atoms with Gasteiger partial charge in [0.25, 0.3) is 0 Å². The molecule has 12 heavy (non-hydrogen) atoms. The summed E-state index contributed by atoms with van der Waals surface area (Å²) in [7, 11) is -4.79. The third kappa shape index (κ3) is 1.99. The largest absolute Gasteiger partial charge is 0.807 e. The Morgan fingerprint density at radius 3 is 2.42 bits per heavy atom. The monoisotopic (exact) mass is 205 g/mol. The second-order valence-corrected chi connectivity index (χ2v) is 4.11. The van der Waals surface area contributed by atoms with Crippen molar-refractivity contribution < 1.29 is 14.4 Å². The second kappa shape index (κ2) is 3.07. The topological polar surface area (TPSA) is 89.2 Å². The van der Waals surface area contributed by atoms with Crippen molar-refractivity contribution in [1.82, 2.24) is 0 Å². The van der Waals surface area contributed by atoms with Crippen LogP contribution in [0.3, 0.4) is 0 Å². The lowest BCUT2D eigenvalue weighted by atomic mass is 10.3. The summed E-state index contributed by atoms with van der Waals surface area (Å²) in [6.07, 6.45) is 0. The van der Waals surface area contributed by atoms with Crippen molar-refractivity contribution in [2.24, 2.45) is 0 Å². The number of halogens is 1. The van der Waals surface area contributed by atoms with Crippen LogP contribution < -0.4 is 20.8 Å². The fraction of sp³-hybridized carbons (Fsp3) is 0. The highest BCUT2D eigenvalue weighted by Gasteiger charge is 2.03. The lowest BCUT2D eigenvalue weighted by molar-refractivity contribution is -0.307. The van der Waals surface area contributed by atoms with E-state index in [2.05, 4.69) is 0 Å². The highest BCUT2D eigenvalue weighted by atomic mass is 35.5. The number of rotatable bonds is 1. The van der Waals surface area contributed by atoms with E-state index in [0.29, 0.717) is 0 Å². The maximum Gasteiger partial charge on any atom is 0.0414 e. The van der Waals surface area contributed by atoms with Gasteiger partial charge >= 0.3 is 0 Å². The number of anilines is 1. The summed E-state index contributed by atoms with van der Waals surface area (Å²) >= 11 is 5.47. The predicted molar refractivity (Wildman–Crippen MR) is 43.1 cm³/mol. The van der Waals surface area contributed by atoms with Crippen molar-refractivity contribution in [3.8, 4) is 0 Å². The number of nitrogens with two attached hydrogens (primary N) is 1. The van der Waals surface area contributed by atoms with Gasteiger partial charge in [0.05, 0.1) is 0 Å². The molecule has 0 aliphatic carbocycles. The molecule has 0 atom stereocenters. The fourth-order valence-electron chi connectivity index (χ4n) is 0.754. The molecular formula is C6H5ClNO3P-2. The predicted octanol–water partition coefficient (Wildman–Crippen LogP) is -0.539. The SMILES string of the molecule is Nc1ccc(Cl)cc1P(=O)([O-])[O-]. The maximum absolute atomic E-state index is 10.5. The van der Waals surface area contributed by atoms with Crippen LogP contribution in [0, 0.1) is 0 Å². The van der Waals surface area contributed by atoms with Crippen molar-refractivity contribution in [3.05, 3.63) is 23.2 Å². The van der Waals surface area contributed by atoms with E-state index < -0.39 is 12.9 Å². The van der Waals surface area contributed by atoms with E-state index in [1.807, 2.05) is 0 Å². The lowest BCUT2D eigenvalue weighted by Gasteiger charge is -2.30. The number of nitrogen functional groups attached to an aromatic ring is 1. The van der Waals surface area contributed by atoms with E-state index in [1.165, 1.54) is 12.1 Å². The Bertz CT molecular complexity index is 349. The van der Waals surface area contributed by atoms with Gasteiger partial charge in [0, 0.05) is 16.0 Å². The molecule has 1 aromatic rings. The molecule has 0 spiro atoms. The zero-order valence-corrected chi connectivity index (χ0v) is 7.51. The van der Waals surface area contributed by atoms with Crippen LogP contribution in [-0.4, -0.2) is 0 Å². The molecule has 1 aromatic carbocycles. The van der Waals surface area contributed by atoms with E-state index in [9.17, 15) is 14.4 Å². The first-order valence-electron chi connectivity index (χ1n) is 2.99. The molecule has 0 amide bonds. The molecule has 4 nitrogen and oxygen atoms in total. The molecule has 0 aliphatic heterocycles. The average molecular weight is 206 g/mol. The molecule has 0 radical (unpaired) electrons. The first kappa shape index (κ1) is 9.55. The Balaban J connectivity index is 3.33. The van der Waals surface area contributed by atoms with E-state index >= 15 is 0 Å². The zero-order valence-electron chi connectivity index (χ0n) is 5.86. The van der Waals surface area contributed by atoms with Crippen molar-refractivity contribution in [3.63, 3.8) is 0 Å². The molecule has 0 saturated heterocycles. The standard InChI is InChI=1S/C6H7ClNO3P/c7-4-1-2-5(8)6(3-4)12(9,10)11/h1-3H,8H2,(H2,9,10,11)/p-2. The summed E-state index contributed by atoms with van der Waals surface area (Å²) in [6, 6.07) is 3.73. The summed E-state index contributed by atoms with van der Waals surface area (Å²) < 4.78 is 10.5. The molecule has 2 N–H and O–H groups in total. The number of benzene rings is 1. The van der Waals surface area contributed by atoms with Gasteiger partial charge in [-0.2, -0.15) is 0 Å². The Hall–Kier alpha value is -0.540. The fourth-order valence-corrected chi connectivity index (χ4v) is 1.69. The van der Waals surface area contributed by atoms with Gasteiger partial charge in [0.1, 0.15) is 0 Å². The van der Waals surface area contributed by atoms with Crippen LogP contribution in [0.5, 0.6) is 0 Å². The molecule has 0 bridgehead atoms. The normalized spacial score (nSPS) is 11.6. The summed E-state index contributed by atoms with van der Waals surface area (Å²) in [5.41, 5.74) is 5.17. The quantitative estimate of drug-likeness (QED) is 0.493. The minimum Gasteiger partial charge on any atom is -0.807 e. The van der Waals surface area contributed by atoms with Gasteiger partial charge in [-0.15, -0.1) is 0 Å². The lowest BCUT2D eigenvalue weighted by Crippen LogP contribution is -2.26. The average Bonchev–Trinajstić information content (AvgIpc) is 1.92. The highest BCUT2D eigenvalue weighted by molar-refractivity contribution is 7.57. The van der Waals surface area contributed by atoms with E-state index in [0.717, 1.165) is 6.07 Å². The highest BCUT2D eigenvalue weighted by Crippen LogP contribution is 2.27. The van der Waals surface area contributed by atoms with Crippen LogP contribution in [-0.2, 0) is 4.57 Å². The molecule has 0 heterocycles. The van der Waals surface area contributed by atoms with Crippen LogP contribution >= 0.6 is 19.2 Å². The summed E-state index contributed by atoms with van der Waals surface area (Å²) in [5.74, 6) is 0. The first-order chi connectivity index (χ1) is 5.41. The summed E-state index contributed by atoms with van der Waals surface area (Å²) in [4.78, 5) is 21.1. The van der Waals surface area contributed by atoms with Gasteiger partial charge in [-0.3, -0.25) is 0 Å². The molecule has 0 unspecified atom stereocenters. The molecule has 66 valence electrons. The van der Waals surface area contributed by atoms with Crippen LogP contribution in [0.1, 0.15) is 0 Å². The smallest absolute Gasteiger partial charge is 0.0414 e. The Morgan fingerprint density at radius 1 is 1.42 bits per heavy atom. The van der Waals surface area contributed by atoms with Crippen LogP contribution in [0.15, 0.2) is 18.2 Å². The molecule has 1 rings (SSSR count). The summed E-state index contributed by atoms with van der Waals surface area (Å²) in [6.45, 7) is 0. The van der Waals surface area contributed by atoms with Crippen LogP contribution in [0.4, 0.5) is 5.69 Å². The molecule has 0 aromatic heterocycles. The van der Waals surface area contributed by atoms with E-state index in [1.54, 1.807) is 0 Å². The molecule has 0 saturated carbocycles. The van der Waals surface area contributed by atoms with Crippen molar-refractivity contribution in [2.45, 2.75) is 0 Å². The molecular weight excluding hydrogens is 200 g/mol.